The van der Waals surface area contributed by atoms with Crippen LogP contribution in [0, 0.1) is 5.41 Å². The normalized spacial score (nSPS) is 13.2. The predicted molar refractivity (Wildman–Crippen MR) is 161 cm³/mol. The van der Waals surface area contributed by atoms with Crippen LogP contribution in [0.25, 0.3) is 5.57 Å². The smallest absolute Gasteiger partial charge is 0.416 e. The van der Waals surface area contributed by atoms with Crippen LogP contribution < -0.4 is 15.5 Å². The molecule has 0 heterocycles. The average Bonchev–Trinajstić information content (AvgIpc) is 2.96. The van der Waals surface area contributed by atoms with Crippen molar-refractivity contribution in [3.63, 3.8) is 0 Å². The minimum atomic E-state index is -4.55. The van der Waals surface area contributed by atoms with Crippen LogP contribution in [-0.2, 0) is 17.5 Å². The third-order valence-electron chi connectivity index (χ3n) is 6.78. The first kappa shape index (κ1) is 30.8. The van der Waals surface area contributed by atoms with Gasteiger partial charge in [-0.3, -0.25) is 15.0 Å². The molecule has 4 rings (SSSR count). The van der Waals surface area contributed by atoms with Crippen molar-refractivity contribution < 1.29 is 27.9 Å². The van der Waals surface area contributed by atoms with Crippen LogP contribution in [-0.4, -0.2) is 29.5 Å². The monoisotopic (exact) mass is 642 g/mol. The van der Waals surface area contributed by atoms with E-state index in [0.29, 0.717) is 11.3 Å². The number of nitrogens with zero attached hydrogens (tertiary/aromatic N) is 1. The number of guanidine groups is 1. The van der Waals surface area contributed by atoms with Gasteiger partial charge in [0.05, 0.1) is 18.5 Å². The van der Waals surface area contributed by atoms with E-state index in [4.69, 9.17) is 10.5 Å². The molecule has 1 amide bonds. The SMILES string of the molecule is N=C(Nc1cc(Br)cc(C(F)(F)F)c1)N(Cc1ccc(C(=O)NCCC(=O)O)cc1)c1ccc(C2=CCCCC2)cc1. The minimum absolute atomic E-state index is 0.00504. The maximum atomic E-state index is 13.4. The molecule has 1 aliphatic rings. The molecule has 3 aromatic carbocycles. The highest BCUT2D eigenvalue weighted by atomic mass is 79.9. The number of hydrogen-bond acceptors (Lipinski definition) is 3. The van der Waals surface area contributed by atoms with E-state index in [1.54, 1.807) is 29.2 Å². The summed E-state index contributed by atoms with van der Waals surface area (Å²) in [5, 5.41) is 23.0. The first-order valence-electron chi connectivity index (χ1n) is 13.4. The molecule has 11 heteroatoms. The van der Waals surface area contributed by atoms with Gasteiger partial charge in [0.1, 0.15) is 0 Å². The number of halogens is 4. The lowest BCUT2D eigenvalue weighted by molar-refractivity contribution is -0.138. The zero-order valence-electron chi connectivity index (χ0n) is 22.6. The van der Waals surface area contributed by atoms with Crippen molar-refractivity contribution in [1.82, 2.24) is 5.32 Å². The van der Waals surface area contributed by atoms with E-state index < -0.39 is 23.6 Å². The Morgan fingerprint density at radius 3 is 2.33 bits per heavy atom. The molecule has 0 fully saturated rings. The first-order valence-corrected chi connectivity index (χ1v) is 14.2. The number of amides is 1. The third kappa shape index (κ3) is 8.45. The second-order valence-electron chi connectivity index (χ2n) is 9.90. The van der Waals surface area contributed by atoms with Crippen LogP contribution in [0.2, 0.25) is 0 Å². The van der Waals surface area contributed by atoms with Crippen molar-refractivity contribution in [2.45, 2.75) is 44.8 Å². The lowest BCUT2D eigenvalue weighted by atomic mass is 9.93. The molecule has 3 aromatic rings. The maximum Gasteiger partial charge on any atom is 0.416 e. The molecule has 0 saturated carbocycles. The summed E-state index contributed by atoms with van der Waals surface area (Å²) in [6.07, 6.45) is 1.85. The van der Waals surface area contributed by atoms with E-state index in [0.717, 1.165) is 42.5 Å². The van der Waals surface area contributed by atoms with Crippen molar-refractivity contribution in [2.24, 2.45) is 0 Å². The molecule has 0 radical (unpaired) electrons. The number of alkyl halides is 3. The van der Waals surface area contributed by atoms with E-state index in [1.807, 2.05) is 24.3 Å². The summed E-state index contributed by atoms with van der Waals surface area (Å²) in [5.74, 6) is -1.55. The number of carboxylic acids is 1. The van der Waals surface area contributed by atoms with Gasteiger partial charge in [-0.15, -0.1) is 0 Å². The van der Waals surface area contributed by atoms with Gasteiger partial charge in [0.2, 0.25) is 0 Å². The second-order valence-corrected chi connectivity index (χ2v) is 10.8. The molecule has 0 aliphatic heterocycles. The van der Waals surface area contributed by atoms with Crippen molar-refractivity contribution in [1.29, 1.82) is 5.41 Å². The zero-order valence-corrected chi connectivity index (χ0v) is 24.2. The van der Waals surface area contributed by atoms with Gasteiger partial charge in [-0.2, -0.15) is 13.2 Å². The summed E-state index contributed by atoms with van der Waals surface area (Å²) in [6.45, 7) is 0.194. The number of anilines is 2. The van der Waals surface area contributed by atoms with Crippen LogP contribution >= 0.6 is 15.9 Å². The van der Waals surface area contributed by atoms with Gasteiger partial charge in [0.25, 0.3) is 5.91 Å². The molecule has 7 nitrogen and oxygen atoms in total. The van der Waals surface area contributed by atoms with E-state index in [1.165, 1.54) is 18.1 Å². The van der Waals surface area contributed by atoms with Crippen molar-refractivity contribution >= 4 is 50.7 Å². The van der Waals surface area contributed by atoms with Crippen molar-refractivity contribution in [3.8, 4) is 0 Å². The Hall–Kier alpha value is -4.12. The fourth-order valence-corrected chi connectivity index (χ4v) is 5.11. The van der Waals surface area contributed by atoms with Crippen molar-refractivity contribution in [2.75, 3.05) is 16.8 Å². The van der Waals surface area contributed by atoms with Gasteiger partial charge in [0, 0.05) is 28.0 Å². The standard InChI is InChI=1S/C31H30BrF3N4O3/c32-25-16-24(31(33,34)35)17-26(18-25)38-30(36)39(27-12-10-22(11-13-27)21-4-2-1-3-5-21)19-20-6-8-23(9-7-20)29(42)37-15-14-28(40)41/h4,6-13,16-18H,1-3,5,14-15,19H2,(H2,36,38)(H,37,42)(H,40,41). The number of carbonyl (C=O) groups is 2. The number of rotatable bonds is 9. The number of allylic oxidation sites excluding steroid dienone is 2. The highest BCUT2D eigenvalue weighted by molar-refractivity contribution is 9.10. The third-order valence-corrected chi connectivity index (χ3v) is 7.24. The number of carbonyl (C=O) groups excluding carboxylic acids is 1. The molecule has 220 valence electrons. The first-order chi connectivity index (χ1) is 20.0. The summed E-state index contributed by atoms with van der Waals surface area (Å²) in [6, 6.07) is 17.8. The molecule has 4 N–H and O–H groups in total. The summed E-state index contributed by atoms with van der Waals surface area (Å²) in [5.41, 5.74) is 3.38. The van der Waals surface area contributed by atoms with Gasteiger partial charge >= 0.3 is 12.1 Å². The Bertz CT molecular complexity index is 1470. The highest BCUT2D eigenvalue weighted by Crippen LogP contribution is 2.34. The van der Waals surface area contributed by atoms with Crippen LogP contribution in [0.1, 0.15) is 59.2 Å². The van der Waals surface area contributed by atoms with E-state index >= 15 is 0 Å². The number of nitrogens with one attached hydrogen (secondary N) is 3. The van der Waals surface area contributed by atoms with Gasteiger partial charge in [0.15, 0.2) is 5.96 Å². The summed E-state index contributed by atoms with van der Waals surface area (Å²) < 4.78 is 40.5. The van der Waals surface area contributed by atoms with Gasteiger partial charge < -0.3 is 20.6 Å². The van der Waals surface area contributed by atoms with Crippen LogP contribution in [0.5, 0.6) is 0 Å². The Kier molecular flexibility index (Phi) is 10.1. The summed E-state index contributed by atoms with van der Waals surface area (Å²) in [7, 11) is 0. The largest absolute Gasteiger partial charge is 0.481 e. The Morgan fingerprint density at radius 2 is 1.71 bits per heavy atom. The van der Waals surface area contributed by atoms with Crippen LogP contribution in [0.15, 0.2) is 77.3 Å². The molecular formula is C31H30BrF3N4O3. The second kappa shape index (κ2) is 13.7. The van der Waals surface area contributed by atoms with E-state index in [9.17, 15) is 22.8 Å². The number of benzene rings is 3. The van der Waals surface area contributed by atoms with E-state index in [-0.39, 0.29) is 35.6 Å². The number of carboxylic acid groups (broad SMARTS) is 1. The minimum Gasteiger partial charge on any atom is -0.481 e. The lowest BCUT2D eigenvalue weighted by Crippen LogP contribution is -2.35. The number of aliphatic carboxylic acids is 1. The topological polar surface area (TPSA) is 106 Å². The van der Waals surface area contributed by atoms with Gasteiger partial charge in [-0.05, 0) is 84.8 Å². The molecule has 0 saturated heterocycles. The average molecular weight is 644 g/mol. The van der Waals surface area contributed by atoms with Gasteiger partial charge in [-0.1, -0.05) is 46.3 Å². The molecule has 0 unspecified atom stereocenters. The fraction of sp³-hybridized carbons (Fsp3) is 0.258. The van der Waals surface area contributed by atoms with Crippen LogP contribution in [0.4, 0.5) is 24.5 Å². The molecule has 0 bridgehead atoms. The molecule has 0 atom stereocenters. The fourth-order valence-electron chi connectivity index (χ4n) is 4.61. The zero-order chi connectivity index (χ0) is 30.3. The predicted octanol–water partition coefficient (Wildman–Crippen LogP) is 7.68. The van der Waals surface area contributed by atoms with Crippen LogP contribution in [0.3, 0.4) is 0 Å². The molecule has 42 heavy (non-hydrogen) atoms. The summed E-state index contributed by atoms with van der Waals surface area (Å²) >= 11 is 3.13. The Morgan fingerprint density at radius 1 is 1.00 bits per heavy atom. The van der Waals surface area contributed by atoms with Crippen molar-refractivity contribution in [3.05, 3.63) is 99.5 Å². The molecule has 0 aromatic heterocycles. The Balaban J connectivity index is 1.57. The number of hydrogen-bond donors (Lipinski definition) is 4. The quantitative estimate of drug-likeness (QED) is 0.141. The van der Waals surface area contributed by atoms with Gasteiger partial charge in [-0.25, -0.2) is 0 Å². The molecule has 1 aliphatic carbocycles. The highest BCUT2D eigenvalue weighted by Gasteiger charge is 2.31. The lowest BCUT2D eigenvalue weighted by Gasteiger charge is -2.27. The maximum absolute atomic E-state index is 13.4. The summed E-state index contributed by atoms with van der Waals surface area (Å²) in [4.78, 5) is 24.7. The Labute approximate surface area is 250 Å². The van der Waals surface area contributed by atoms with E-state index in [2.05, 4.69) is 32.6 Å². The molecule has 0 spiro atoms. The molecular weight excluding hydrogens is 613 g/mol.